The van der Waals surface area contributed by atoms with E-state index in [1.807, 2.05) is 0 Å². The number of aliphatic hydroxyl groups is 2. The van der Waals surface area contributed by atoms with E-state index in [4.69, 9.17) is 15.2 Å². The van der Waals surface area contributed by atoms with Crippen LogP contribution in [0.1, 0.15) is 6.92 Å². The minimum Gasteiger partial charge on any atom is -0.394 e. The summed E-state index contributed by atoms with van der Waals surface area (Å²) >= 11 is 0. The maximum Gasteiger partial charge on any atom is 0.471 e. The molecule has 0 aromatic heterocycles. The molecule has 0 bridgehead atoms. The summed E-state index contributed by atoms with van der Waals surface area (Å²) in [5.74, 6) is -3.51. The number of nitrogens with zero attached hydrogens (tertiary/aromatic N) is 1. The number of carbonyl (C=O) groups excluding carboxylic acids is 4. The highest BCUT2D eigenvalue weighted by Gasteiger charge is 2.50. The van der Waals surface area contributed by atoms with Crippen LogP contribution < -0.4 is 21.7 Å². The topological polar surface area (TPSA) is 193 Å². The first-order valence-corrected chi connectivity index (χ1v) is 9.57. The molecule has 4 amide bonds. The average molecular weight is 483 g/mol. The predicted molar refractivity (Wildman–Crippen MR) is 101 cm³/mol. The third kappa shape index (κ3) is 6.38. The first-order valence-electron chi connectivity index (χ1n) is 9.57. The van der Waals surface area contributed by atoms with Gasteiger partial charge in [0, 0.05) is 19.3 Å². The summed E-state index contributed by atoms with van der Waals surface area (Å²) in [6, 6.07) is -0.871. The Morgan fingerprint density at radius 3 is 2.52 bits per heavy atom. The van der Waals surface area contributed by atoms with Crippen LogP contribution in [0.5, 0.6) is 0 Å². The fourth-order valence-corrected chi connectivity index (χ4v) is 2.93. The smallest absolute Gasteiger partial charge is 0.394 e. The van der Waals surface area contributed by atoms with Gasteiger partial charge in [0.25, 0.3) is 0 Å². The highest BCUT2D eigenvalue weighted by Crippen LogP contribution is 2.28. The number of aliphatic hydroxyl groups excluding tert-OH is 2. The number of ether oxygens (including phenoxy) is 2. The van der Waals surface area contributed by atoms with Gasteiger partial charge in [0.05, 0.1) is 6.61 Å². The Morgan fingerprint density at radius 2 is 1.97 bits per heavy atom. The molecule has 1 unspecified atom stereocenters. The number of hydrogen-bond donors (Lipinski definition) is 6. The Morgan fingerprint density at radius 1 is 1.33 bits per heavy atom. The summed E-state index contributed by atoms with van der Waals surface area (Å²) in [5.41, 5.74) is 4.02. The van der Waals surface area contributed by atoms with Gasteiger partial charge in [0.15, 0.2) is 17.7 Å². The normalized spacial score (nSPS) is 29.5. The number of alkyl halides is 3. The number of carbonyl (C=O) groups is 4. The summed E-state index contributed by atoms with van der Waals surface area (Å²) in [5, 5.41) is 25.7. The van der Waals surface area contributed by atoms with Gasteiger partial charge in [0.1, 0.15) is 24.9 Å². The summed E-state index contributed by atoms with van der Waals surface area (Å²) < 4.78 is 47.1. The van der Waals surface area contributed by atoms with E-state index in [2.05, 4.69) is 10.6 Å². The van der Waals surface area contributed by atoms with Crippen LogP contribution in [-0.4, -0.2) is 101 Å². The average Bonchev–Trinajstić information content (AvgIpc) is 3.03. The second kappa shape index (κ2) is 10.4. The van der Waals surface area contributed by atoms with Gasteiger partial charge in [-0.25, -0.2) is 4.79 Å². The molecule has 16 heteroatoms. The van der Waals surface area contributed by atoms with Crippen LogP contribution in [-0.2, 0) is 23.9 Å². The van der Waals surface area contributed by atoms with Crippen LogP contribution in [0, 0.1) is 0 Å². The lowest BCUT2D eigenvalue weighted by Crippen LogP contribution is -2.65. The number of urea groups is 1. The second-order valence-corrected chi connectivity index (χ2v) is 7.20. The maximum atomic E-state index is 12.4. The molecule has 2 aliphatic rings. The Balaban J connectivity index is 1.95. The molecule has 5 atom stereocenters. The molecule has 2 aliphatic heterocycles. The second-order valence-electron chi connectivity index (χ2n) is 7.20. The van der Waals surface area contributed by atoms with Gasteiger partial charge in [-0.1, -0.05) is 0 Å². The molecule has 186 valence electrons. The minimum atomic E-state index is -5.05. The number of hydrogen-bond acceptors (Lipinski definition) is 9. The van der Waals surface area contributed by atoms with Crippen molar-refractivity contribution >= 4 is 23.6 Å². The quantitative estimate of drug-likeness (QED) is 0.186. The van der Waals surface area contributed by atoms with E-state index in [9.17, 15) is 42.6 Å². The Hall–Kier alpha value is -2.79. The Bertz CT molecular complexity index is 810. The van der Waals surface area contributed by atoms with Gasteiger partial charge in [0.2, 0.25) is 5.91 Å². The summed E-state index contributed by atoms with van der Waals surface area (Å²) in [6.45, 7) is -1.01. The lowest BCUT2D eigenvalue weighted by atomic mass is 10.1. The molecule has 2 heterocycles. The molecule has 1 saturated heterocycles. The number of nitrogens with two attached hydrogens (primary N) is 1. The number of amides is 4. The van der Waals surface area contributed by atoms with Crippen molar-refractivity contribution in [3.05, 3.63) is 12.3 Å². The molecule has 0 aromatic carbocycles. The standard InChI is InChI=1S/C17H24F3N5O8/c1-8(27)16(21)2-5-25(15(31)24-16)13-12(11(29)9(6-26)33-13)32-7-10(28)22-3-4-23-14(30)17(18,19)20/h2,5,9,11-13,26,29H,3-4,6-7,21H2,1H3,(H,22,28)(H,23,30)(H,24,31)/t9-,11-,12-,13-,16?/m1/s1. The number of Topliss-reactive ketones (excluding diaryl/α,β-unsaturated/α-hetero) is 1. The van der Waals surface area contributed by atoms with Crippen molar-refractivity contribution in [2.45, 2.75) is 43.3 Å². The van der Waals surface area contributed by atoms with E-state index in [-0.39, 0.29) is 6.54 Å². The number of nitrogens with one attached hydrogen (secondary N) is 3. The van der Waals surface area contributed by atoms with E-state index in [1.165, 1.54) is 6.08 Å². The summed E-state index contributed by atoms with van der Waals surface area (Å²) in [6.07, 6.45) is -8.00. The van der Waals surface area contributed by atoms with Gasteiger partial charge in [-0.15, -0.1) is 0 Å². The monoisotopic (exact) mass is 483 g/mol. The first kappa shape index (κ1) is 26.5. The minimum absolute atomic E-state index is 0.336. The maximum absolute atomic E-state index is 12.4. The molecular weight excluding hydrogens is 459 g/mol. The largest absolute Gasteiger partial charge is 0.471 e. The van der Waals surface area contributed by atoms with Gasteiger partial charge >= 0.3 is 18.1 Å². The molecule has 2 rings (SSSR count). The Labute approximate surface area is 185 Å². The van der Waals surface area contributed by atoms with E-state index < -0.39 is 79.8 Å². The highest BCUT2D eigenvalue weighted by molar-refractivity contribution is 5.93. The van der Waals surface area contributed by atoms with E-state index >= 15 is 0 Å². The van der Waals surface area contributed by atoms with Gasteiger partial charge < -0.3 is 35.6 Å². The molecule has 7 N–H and O–H groups in total. The van der Waals surface area contributed by atoms with Crippen molar-refractivity contribution in [2.24, 2.45) is 5.73 Å². The summed E-state index contributed by atoms with van der Waals surface area (Å²) in [7, 11) is 0. The van der Waals surface area contributed by atoms with E-state index in [0.717, 1.165) is 18.0 Å². The number of halogens is 3. The third-order valence-electron chi connectivity index (χ3n) is 4.79. The zero-order valence-corrected chi connectivity index (χ0v) is 17.3. The van der Waals surface area contributed by atoms with Crippen molar-refractivity contribution in [2.75, 3.05) is 26.3 Å². The first-order chi connectivity index (χ1) is 15.3. The molecule has 0 aliphatic carbocycles. The van der Waals surface area contributed by atoms with E-state index in [0.29, 0.717) is 0 Å². The summed E-state index contributed by atoms with van der Waals surface area (Å²) in [4.78, 5) is 47.6. The van der Waals surface area contributed by atoms with Crippen molar-refractivity contribution in [1.82, 2.24) is 20.9 Å². The number of ketones is 1. The lowest BCUT2D eigenvalue weighted by Gasteiger charge is -2.37. The molecule has 0 saturated carbocycles. The Kier molecular flexibility index (Phi) is 8.36. The predicted octanol–water partition coefficient (Wildman–Crippen LogP) is -2.97. The van der Waals surface area contributed by atoms with Gasteiger partial charge in [-0.3, -0.25) is 25.0 Å². The third-order valence-corrected chi connectivity index (χ3v) is 4.79. The van der Waals surface area contributed by atoms with Gasteiger partial charge in [-0.2, -0.15) is 13.2 Å². The fourth-order valence-electron chi connectivity index (χ4n) is 2.93. The molecule has 0 spiro atoms. The van der Waals surface area contributed by atoms with Crippen LogP contribution in [0.15, 0.2) is 12.3 Å². The van der Waals surface area contributed by atoms with Crippen LogP contribution in [0.25, 0.3) is 0 Å². The fraction of sp³-hybridized carbons (Fsp3) is 0.647. The lowest BCUT2D eigenvalue weighted by molar-refractivity contribution is -0.173. The van der Waals surface area contributed by atoms with Crippen molar-refractivity contribution in [3.8, 4) is 0 Å². The zero-order valence-electron chi connectivity index (χ0n) is 17.3. The zero-order chi connectivity index (χ0) is 25.0. The van der Waals surface area contributed by atoms with Gasteiger partial charge in [-0.05, 0) is 13.0 Å². The molecular formula is C17H24F3N5O8. The SMILES string of the molecule is CC(=O)C1(N)C=CN([C@@H]2O[C@H](CO)[C@@H](O)[C@H]2OCC(=O)NCCNC(=O)C(F)(F)F)C(=O)N1. The van der Waals surface area contributed by atoms with Crippen LogP contribution in [0.4, 0.5) is 18.0 Å². The van der Waals surface area contributed by atoms with Crippen LogP contribution in [0.3, 0.4) is 0 Å². The molecule has 0 radical (unpaired) electrons. The van der Waals surface area contributed by atoms with E-state index in [1.54, 1.807) is 5.32 Å². The molecule has 0 aromatic rings. The molecule has 33 heavy (non-hydrogen) atoms. The van der Waals surface area contributed by atoms with Crippen molar-refractivity contribution in [3.63, 3.8) is 0 Å². The number of rotatable bonds is 9. The van der Waals surface area contributed by atoms with Crippen LogP contribution in [0.2, 0.25) is 0 Å². The molecule has 13 nitrogen and oxygen atoms in total. The van der Waals surface area contributed by atoms with Crippen molar-refractivity contribution < 1.29 is 52.0 Å². The molecule has 1 fully saturated rings. The van der Waals surface area contributed by atoms with Crippen LogP contribution >= 0.6 is 0 Å². The highest BCUT2D eigenvalue weighted by atomic mass is 19.4. The van der Waals surface area contributed by atoms with Crippen molar-refractivity contribution in [1.29, 1.82) is 0 Å².